The molecule has 1 aromatic carbocycles. The maximum absolute atomic E-state index is 13.5. The summed E-state index contributed by atoms with van der Waals surface area (Å²) in [5.74, 6) is -0.0258. The highest BCUT2D eigenvalue weighted by molar-refractivity contribution is 7.89. The monoisotopic (exact) mass is 299 g/mol. The van der Waals surface area contributed by atoms with Crippen molar-refractivity contribution in [2.24, 2.45) is 0 Å². The van der Waals surface area contributed by atoms with Crippen molar-refractivity contribution in [1.82, 2.24) is 14.9 Å². The van der Waals surface area contributed by atoms with Crippen LogP contribution in [-0.4, -0.2) is 30.9 Å². The second-order valence-electron chi connectivity index (χ2n) is 4.04. The van der Waals surface area contributed by atoms with Crippen molar-refractivity contribution in [3.8, 4) is 11.4 Å². The predicted octanol–water partition coefficient (Wildman–Crippen LogP) is 1.36. The van der Waals surface area contributed by atoms with Gasteiger partial charge in [0.25, 0.3) is 0 Å². The van der Waals surface area contributed by atoms with Crippen molar-refractivity contribution in [3.05, 3.63) is 36.0 Å². The first-order chi connectivity index (χ1) is 9.52. The lowest BCUT2D eigenvalue weighted by atomic mass is 10.2. The molecule has 0 aliphatic heterocycles. The molecule has 0 unspecified atom stereocenters. The van der Waals surface area contributed by atoms with E-state index in [1.165, 1.54) is 6.07 Å². The van der Waals surface area contributed by atoms with Crippen LogP contribution in [0.5, 0.6) is 0 Å². The van der Waals surface area contributed by atoms with Crippen LogP contribution in [0.3, 0.4) is 0 Å². The zero-order valence-electron chi connectivity index (χ0n) is 10.8. The van der Waals surface area contributed by atoms with E-state index in [4.69, 9.17) is 4.52 Å². The van der Waals surface area contributed by atoms with E-state index in [2.05, 4.69) is 14.9 Å². The van der Waals surface area contributed by atoms with Crippen LogP contribution in [0.4, 0.5) is 4.39 Å². The van der Waals surface area contributed by atoms with Gasteiger partial charge in [-0.05, 0) is 19.1 Å². The molecule has 1 heterocycles. The van der Waals surface area contributed by atoms with E-state index in [-0.39, 0.29) is 36.0 Å². The summed E-state index contributed by atoms with van der Waals surface area (Å²) in [5, 5.41) is 3.68. The molecule has 0 aliphatic rings. The van der Waals surface area contributed by atoms with Gasteiger partial charge in [-0.1, -0.05) is 17.3 Å². The summed E-state index contributed by atoms with van der Waals surface area (Å²) in [6, 6.07) is 6.09. The Bertz CT molecular complexity index is 685. The summed E-state index contributed by atoms with van der Waals surface area (Å²) >= 11 is 0. The molecule has 1 N–H and O–H groups in total. The summed E-state index contributed by atoms with van der Waals surface area (Å²) < 4.78 is 43.3. The summed E-state index contributed by atoms with van der Waals surface area (Å²) in [6.45, 7) is 1.71. The van der Waals surface area contributed by atoms with Gasteiger partial charge in [0.1, 0.15) is 5.82 Å². The number of halogens is 1. The highest BCUT2D eigenvalue weighted by Gasteiger charge is 2.13. The molecule has 0 atom stereocenters. The first-order valence-corrected chi connectivity index (χ1v) is 7.72. The van der Waals surface area contributed by atoms with Crippen LogP contribution in [0.15, 0.2) is 28.8 Å². The molecule has 108 valence electrons. The molecule has 1 aromatic heterocycles. The molecule has 0 radical (unpaired) electrons. The third-order valence-electron chi connectivity index (χ3n) is 2.62. The second-order valence-corrected chi connectivity index (χ2v) is 6.13. The zero-order valence-corrected chi connectivity index (χ0v) is 11.7. The molecule has 0 aliphatic carbocycles. The van der Waals surface area contributed by atoms with Gasteiger partial charge in [-0.3, -0.25) is 0 Å². The lowest BCUT2D eigenvalue weighted by Gasteiger charge is -2.00. The van der Waals surface area contributed by atoms with E-state index in [1.54, 1.807) is 25.1 Å². The van der Waals surface area contributed by atoms with E-state index in [1.807, 2.05) is 0 Å². The fourth-order valence-corrected chi connectivity index (χ4v) is 2.14. The maximum Gasteiger partial charge on any atom is 0.228 e. The van der Waals surface area contributed by atoms with Crippen molar-refractivity contribution >= 4 is 10.0 Å². The van der Waals surface area contributed by atoms with Crippen LogP contribution in [-0.2, 0) is 16.4 Å². The normalized spacial score (nSPS) is 11.7. The molecule has 0 saturated heterocycles. The quantitative estimate of drug-likeness (QED) is 0.870. The van der Waals surface area contributed by atoms with Gasteiger partial charge in [0.2, 0.25) is 21.7 Å². The molecule has 0 bridgehead atoms. The standard InChI is InChI=1S/C12H14FN3O3S/c1-2-20(17,18)14-8-7-11-15-12(16-19-11)9-5-3-4-6-10(9)13/h3-6,14H,2,7-8H2,1H3. The molecule has 2 rings (SSSR count). The van der Waals surface area contributed by atoms with E-state index in [9.17, 15) is 12.8 Å². The lowest BCUT2D eigenvalue weighted by Crippen LogP contribution is -2.27. The number of benzene rings is 1. The van der Waals surface area contributed by atoms with E-state index >= 15 is 0 Å². The first kappa shape index (κ1) is 14.6. The Morgan fingerprint density at radius 1 is 1.35 bits per heavy atom. The molecular formula is C12H14FN3O3S. The van der Waals surface area contributed by atoms with Crippen molar-refractivity contribution in [2.75, 3.05) is 12.3 Å². The molecule has 0 fully saturated rings. The summed E-state index contributed by atoms with van der Waals surface area (Å²) in [4.78, 5) is 4.03. The number of nitrogens with zero attached hydrogens (tertiary/aromatic N) is 2. The van der Waals surface area contributed by atoms with Crippen molar-refractivity contribution in [3.63, 3.8) is 0 Å². The SMILES string of the molecule is CCS(=O)(=O)NCCc1nc(-c2ccccc2F)no1. The van der Waals surface area contributed by atoms with Gasteiger partial charge in [-0.2, -0.15) is 4.98 Å². The topological polar surface area (TPSA) is 85.1 Å². The number of aromatic nitrogens is 2. The largest absolute Gasteiger partial charge is 0.339 e. The summed E-state index contributed by atoms with van der Waals surface area (Å²) in [6.07, 6.45) is 0.251. The maximum atomic E-state index is 13.5. The minimum absolute atomic E-state index is 0.0112. The van der Waals surface area contributed by atoms with Crippen LogP contribution in [0.1, 0.15) is 12.8 Å². The smallest absolute Gasteiger partial charge is 0.228 e. The Morgan fingerprint density at radius 3 is 2.80 bits per heavy atom. The van der Waals surface area contributed by atoms with Crippen LogP contribution in [0.2, 0.25) is 0 Å². The Balaban J connectivity index is 2.02. The lowest BCUT2D eigenvalue weighted by molar-refractivity contribution is 0.378. The van der Waals surface area contributed by atoms with Crippen LogP contribution in [0, 0.1) is 5.82 Å². The van der Waals surface area contributed by atoms with E-state index in [0.717, 1.165) is 0 Å². The van der Waals surface area contributed by atoms with Crippen LogP contribution < -0.4 is 4.72 Å². The molecule has 0 saturated carbocycles. The number of hydrogen-bond donors (Lipinski definition) is 1. The van der Waals surface area contributed by atoms with Gasteiger partial charge < -0.3 is 4.52 Å². The number of nitrogens with one attached hydrogen (secondary N) is 1. The fraction of sp³-hybridized carbons (Fsp3) is 0.333. The molecular weight excluding hydrogens is 285 g/mol. The molecule has 2 aromatic rings. The highest BCUT2D eigenvalue weighted by atomic mass is 32.2. The van der Waals surface area contributed by atoms with Gasteiger partial charge in [-0.25, -0.2) is 17.5 Å². The van der Waals surface area contributed by atoms with E-state index < -0.39 is 15.8 Å². The minimum Gasteiger partial charge on any atom is -0.339 e. The molecule has 20 heavy (non-hydrogen) atoms. The van der Waals surface area contributed by atoms with Crippen molar-refractivity contribution in [2.45, 2.75) is 13.3 Å². The Labute approximate surface area is 116 Å². The first-order valence-electron chi connectivity index (χ1n) is 6.06. The Kier molecular flexibility index (Phi) is 4.46. The van der Waals surface area contributed by atoms with Gasteiger partial charge in [0.05, 0.1) is 11.3 Å². The van der Waals surface area contributed by atoms with Gasteiger partial charge in [-0.15, -0.1) is 0 Å². The van der Waals surface area contributed by atoms with Gasteiger partial charge in [0, 0.05) is 13.0 Å². The van der Waals surface area contributed by atoms with Crippen molar-refractivity contribution in [1.29, 1.82) is 0 Å². The molecule has 6 nitrogen and oxygen atoms in total. The molecule has 8 heteroatoms. The van der Waals surface area contributed by atoms with Crippen LogP contribution >= 0.6 is 0 Å². The Hall–Kier alpha value is -1.80. The zero-order chi connectivity index (χ0) is 14.6. The number of rotatable bonds is 6. The summed E-state index contributed by atoms with van der Waals surface area (Å²) in [5.41, 5.74) is 0.247. The fourth-order valence-electron chi connectivity index (χ4n) is 1.52. The minimum atomic E-state index is -3.24. The third kappa shape index (κ3) is 3.61. The summed E-state index contributed by atoms with van der Waals surface area (Å²) in [7, 11) is -3.24. The van der Waals surface area contributed by atoms with Crippen LogP contribution in [0.25, 0.3) is 11.4 Å². The van der Waals surface area contributed by atoms with E-state index in [0.29, 0.717) is 0 Å². The average Bonchev–Trinajstić information content (AvgIpc) is 2.88. The second kappa shape index (κ2) is 6.10. The highest BCUT2D eigenvalue weighted by Crippen LogP contribution is 2.19. The third-order valence-corrected chi connectivity index (χ3v) is 4.03. The predicted molar refractivity (Wildman–Crippen MR) is 70.9 cm³/mol. The average molecular weight is 299 g/mol. The Morgan fingerprint density at radius 2 is 2.10 bits per heavy atom. The molecule has 0 amide bonds. The number of sulfonamides is 1. The number of hydrogen-bond acceptors (Lipinski definition) is 5. The molecule has 0 spiro atoms. The van der Waals surface area contributed by atoms with Crippen molar-refractivity contribution < 1.29 is 17.3 Å². The van der Waals surface area contributed by atoms with Gasteiger partial charge in [0.15, 0.2) is 0 Å². The van der Waals surface area contributed by atoms with Gasteiger partial charge >= 0.3 is 0 Å².